The normalized spacial score (nSPS) is 21.9. The van der Waals surface area contributed by atoms with Crippen LogP contribution in [0.1, 0.15) is 67.7 Å². The Hall–Kier alpha value is -2.42. The molecule has 0 aromatic heterocycles. The standard InChI is InChI=1S/C25H30O3/c1-16(2)9-14-22-21-8-6-5-7-20(21)15-23(19-12-10-17(3)11-13-19)25(24(22)27)28-18(4)26/h5-8,10-13,16,22-23,25H,9,14-15H2,1-4H3. The molecule has 0 saturated carbocycles. The third-order valence-electron chi connectivity index (χ3n) is 5.69. The summed E-state index contributed by atoms with van der Waals surface area (Å²) in [6, 6.07) is 16.4. The van der Waals surface area contributed by atoms with Crippen molar-refractivity contribution in [1.82, 2.24) is 0 Å². The molecule has 28 heavy (non-hydrogen) atoms. The van der Waals surface area contributed by atoms with Gasteiger partial charge >= 0.3 is 5.97 Å². The van der Waals surface area contributed by atoms with Crippen molar-refractivity contribution in [2.45, 2.75) is 64.9 Å². The van der Waals surface area contributed by atoms with Crippen LogP contribution in [0.25, 0.3) is 0 Å². The van der Waals surface area contributed by atoms with E-state index in [2.05, 4.69) is 50.2 Å². The van der Waals surface area contributed by atoms with Crippen LogP contribution in [0.3, 0.4) is 0 Å². The first-order valence-corrected chi connectivity index (χ1v) is 10.2. The molecule has 3 unspecified atom stereocenters. The van der Waals surface area contributed by atoms with E-state index in [1.54, 1.807) is 0 Å². The number of rotatable bonds is 5. The molecule has 0 spiro atoms. The number of carbonyl (C=O) groups excluding carboxylic acids is 2. The molecule has 0 bridgehead atoms. The van der Waals surface area contributed by atoms with Gasteiger partial charge in [0, 0.05) is 18.8 Å². The first-order valence-electron chi connectivity index (χ1n) is 10.2. The Morgan fingerprint density at radius 1 is 1.11 bits per heavy atom. The molecule has 0 saturated heterocycles. The molecule has 148 valence electrons. The summed E-state index contributed by atoms with van der Waals surface area (Å²) in [6.07, 6.45) is 1.70. The summed E-state index contributed by atoms with van der Waals surface area (Å²) < 4.78 is 5.66. The summed E-state index contributed by atoms with van der Waals surface area (Å²) in [5.74, 6) is -0.237. The maximum absolute atomic E-state index is 13.6. The molecular weight excluding hydrogens is 348 g/mol. The molecule has 0 amide bonds. The van der Waals surface area contributed by atoms with Crippen molar-refractivity contribution < 1.29 is 14.3 Å². The minimum absolute atomic E-state index is 0.0337. The molecule has 3 rings (SSSR count). The molecule has 0 heterocycles. The number of aryl methyl sites for hydroxylation is 1. The Labute approximate surface area is 168 Å². The summed E-state index contributed by atoms with van der Waals surface area (Å²) in [4.78, 5) is 25.5. The van der Waals surface area contributed by atoms with E-state index in [9.17, 15) is 9.59 Å². The van der Waals surface area contributed by atoms with Gasteiger partial charge in [-0.3, -0.25) is 9.59 Å². The summed E-state index contributed by atoms with van der Waals surface area (Å²) in [6.45, 7) is 7.78. The van der Waals surface area contributed by atoms with Gasteiger partial charge in [-0.15, -0.1) is 0 Å². The van der Waals surface area contributed by atoms with Gasteiger partial charge in [0.05, 0.1) is 0 Å². The summed E-state index contributed by atoms with van der Waals surface area (Å²) in [5.41, 5.74) is 4.50. The van der Waals surface area contributed by atoms with Gasteiger partial charge in [-0.05, 0) is 48.8 Å². The lowest BCUT2D eigenvalue weighted by Gasteiger charge is -2.26. The quantitative estimate of drug-likeness (QED) is 0.520. The lowest BCUT2D eigenvalue weighted by molar-refractivity contribution is -0.155. The van der Waals surface area contributed by atoms with E-state index in [0.29, 0.717) is 12.3 Å². The second kappa shape index (κ2) is 8.72. The summed E-state index contributed by atoms with van der Waals surface area (Å²) in [7, 11) is 0. The largest absolute Gasteiger partial charge is 0.454 e. The van der Waals surface area contributed by atoms with Crippen molar-refractivity contribution in [3.63, 3.8) is 0 Å². The number of ketones is 1. The zero-order valence-electron chi connectivity index (χ0n) is 17.3. The van der Waals surface area contributed by atoms with Crippen LogP contribution in [-0.4, -0.2) is 17.9 Å². The van der Waals surface area contributed by atoms with E-state index in [-0.39, 0.29) is 17.6 Å². The molecule has 1 aliphatic rings. The molecule has 3 nitrogen and oxygen atoms in total. The molecule has 3 heteroatoms. The molecule has 0 aliphatic heterocycles. The lowest BCUT2D eigenvalue weighted by atomic mass is 9.84. The average molecular weight is 379 g/mol. The smallest absolute Gasteiger partial charge is 0.303 e. The van der Waals surface area contributed by atoms with Crippen molar-refractivity contribution in [3.8, 4) is 0 Å². The number of benzene rings is 2. The molecule has 3 atom stereocenters. The molecule has 1 aliphatic carbocycles. The third kappa shape index (κ3) is 4.52. The fourth-order valence-corrected chi connectivity index (χ4v) is 4.18. The number of ether oxygens (including phenoxy) is 1. The predicted molar refractivity (Wildman–Crippen MR) is 111 cm³/mol. The van der Waals surface area contributed by atoms with Crippen LogP contribution >= 0.6 is 0 Å². The van der Waals surface area contributed by atoms with E-state index >= 15 is 0 Å². The number of hydrogen-bond donors (Lipinski definition) is 0. The van der Waals surface area contributed by atoms with Gasteiger partial charge in [-0.25, -0.2) is 0 Å². The highest BCUT2D eigenvalue weighted by Crippen LogP contribution is 2.39. The highest BCUT2D eigenvalue weighted by atomic mass is 16.5. The van der Waals surface area contributed by atoms with Crippen LogP contribution in [0.15, 0.2) is 48.5 Å². The van der Waals surface area contributed by atoms with Crippen molar-refractivity contribution in [2.75, 3.05) is 0 Å². The average Bonchev–Trinajstić information content (AvgIpc) is 2.76. The van der Waals surface area contributed by atoms with Gasteiger partial charge in [0.2, 0.25) is 0 Å². The van der Waals surface area contributed by atoms with Crippen LogP contribution < -0.4 is 0 Å². The van der Waals surface area contributed by atoms with Crippen LogP contribution in [-0.2, 0) is 20.7 Å². The van der Waals surface area contributed by atoms with Crippen molar-refractivity contribution in [1.29, 1.82) is 0 Å². The number of carbonyl (C=O) groups is 2. The van der Waals surface area contributed by atoms with E-state index in [1.807, 2.05) is 19.1 Å². The van der Waals surface area contributed by atoms with Gasteiger partial charge in [0.15, 0.2) is 11.9 Å². The van der Waals surface area contributed by atoms with Crippen LogP contribution in [0, 0.1) is 12.8 Å². The van der Waals surface area contributed by atoms with E-state index in [1.165, 1.54) is 18.1 Å². The molecule has 2 aromatic carbocycles. The van der Waals surface area contributed by atoms with Gasteiger partial charge in [0.25, 0.3) is 0 Å². The number of fused-ring (bicyclic) bond motifs is 1. The monoisotopic (exact) mass is 378 g/mol. The molecule has 0 N–H and O–H groups in total. The number of esters is 1. The van der Waals surface area contributed by atoms with Gasteiger partial charge in [0.1, 0.15) is 0 Å². The van der Waals surface area contributed by atoms with Crippen LogP contribution in [0.5, 0.6) is 0 Å². The Morgan fingerprint density at radius 2 is 1.79 bits per heavy atom. The summed E-state index contributed by atoms with van der Waals surface area (Å²) in [5, 5.41) is 0. The molecule has 0 fully saturated rings. The topological polar surface area (TPSA) is 43.4 Å². The Balaban J connectivity index is 2.07. The first-order chi connectivity index (χ1) is 13.4. The second-order valence-corrected chi connectivity index (χ2v) is 8.38. The zero-order valence-corrected chi connectivity index (χ0v) is 17.3. The van der Waals surface area contributed by atoms with Crippen molar-refractivity contribution in [3.05, 3.63) is 70.8 Å². The highest BCUT2D eigenvalue weighted by Gasteiger charge is 2.40. The van der Waals surface area contributed by atoms with Gasteiger partial charge < -0.3 is 4.74 Å². The SMILES string of the molecule is CC(=O)OC1C(=O)C(CCC(C)C)c2ccccc2CC1c1ccc(C)cc1. The van der Waals surface area contributed by atoms with Gasteiger partial charge in [-0.1, -0.05) is 67.9 Å². The first kappa shape index (κ1) is 20.3. The Kier molecular flexibility index (Phi) is 6.33. The summed E-state index contributed by atoms with van der Waals surface area (Å²) >= 11 is 0. The maximum atomic E-state index is 13.6. The third-order valence-corrected chi connectivity index (χ3v) is 5.69. The lowest BCUT2D eigenvalue weighted by Crippen LogP contribution is -2.35. The minimum Gasteiger partial charge on any atom is -0.454 e. The fourth-order valence-electron chi connectivity index (χ4n) is 4.18. The fraction of sp³-hybridized carbons (Fsp3) is 0.440. The van der Waals surface area contributed by atoms with Crippen LogP contribution in [0.2, 0.25) is 0 Å². The second-order valence-electron chi connectivity index (χ2n) is 8.38. The van der Waals surface area contributed by atoms with E-state index in [4.69, 9.17) is 4.74 Å². The van der Waals surface area contributed by atoms with Crippen molar-refractivity contribution in [2.24, 2.45) is 5.92 Å². The Bertz CT molecular complexity index is 835. The highest BCUT2D eigenvalue weighted by molar-refractivity contribution is 5.93. The van der Waals surface area contributed by atoms with E-state index in [0.717, 1.165) is 24.0 Å². The number of Topliss-reactive ketones (excluding diaryl/α,β-unsaturated/α-hetero) is 1. The number of hydrogen-bond acceptors (Lipinski definition) is 3. The molecule has 0 radical (unpaired) electrons. The molecule has 2 aromatic rings. The Morgan fingerprint density at radius 3 is 2.43 bits per heavy atom. The van der Waals surface area contributed by atoms with Gasteiger partial charge in [-0.2, -0.15) is 0 Å². The molecular formula is C25H30O3. The zero-order chi connectivity index (χ0) is 20.3. The van der Waals surface area contributed by atoms with Crippen LogP contribution in [0.4, 0.5) is 0 Å². The van der Waals surface area contributed by atoms with E-state index < -0.39 is 12.1 Å². The minimum atomic E-state index is -0.746. The predicted octanol–water partition coefficient (Wildman–Crippen LogP) is 5.36. The van der Waals surface area contributed by atoms with Crippen molar-refractivity contribution >= 4 is 11.8 Å². The maximum Gasteiger partial charge on any atom is 0.303 e.